The summed E-state index contributed by atoms with van der Waals surface area (Å²) in [6.45, 7) is 6.86. The Morgan fingerprint density at radius 2 is 1.96 bits per heavy atom. The van der Waals surface area contributed by atoms with Crippen LogP contribution in [0.1, 0.15) is 45.1 Å². The van der Waals surface area contributed by atoms with Gasteiger partial charge < -0.3 is 15.2 Å². The summed E-state index contributed by atoms with van der Waals surface area (Å²) in [5.41, 5.74) is 6.39. The standard InChI is InChI=1S/C11H15BrN2O3S.C6H14O/c1-18(15,16)11(2-4-17-5-3-11)8-6-9(12)14-10(13)7-8;1-3-5-6-7-4-2/h6-7H,2-5H2,1H3,(H2,13,14);3-6H2,1-2H3. The van der Waals surface area contributed by atoms with Crippen LogP contribution in [0.3, 0.4) is 0 Å². The highest BCUT2D eigenvalue weighted by atomic mass is 79.9. The zero-order valence-electron chi connectivity index (χ0n) is 15.3. The molecular weight excluding hydrogens is 408 g/mol. The number of pyridine rings is 1. The summed E-state index contributed by atoms with van der Waals surface area (Å²) < 4.78 is 34.4. The Labute approximate surface area is 159 Å². The summed E-state index contributed by atoms with van der Waals surface area (Å²) in [5, 5.41) is 0. The third-order valence-electron chi connectivity index (χ3n) is 4.20. The van der Waals surface area contributed by atoms with E-state index in [2.05, 4.69) is 27.8 Å². The number of nitrogens with two attached hydrogens (primary N) is 1. The van der Waals surface area contributed by atoms with E-state index in [0.29, 0.717) is 42.0 Å². The van der Waals surface area contributed by atoms with Gasteiger partial charge in [0.25, 0.3) is 0 Å². The molecule has 25 heavy (non-hydrogen) atoms. The molecule has 0 radical (unpaired) electrons. The molecular formula is C17H29BrN2O4S. The molecule has 6 nitrogen and oxygen atoms in total. The number of sulfone groups is 1. The van der Waals surface area contributed by atoms with E-state index < -0.39 is 14.6 Å². The number of unbranched alkanes of at least 4 members (excludes halogenated alkanes) is 1. The van der Waals surface area contributed by atoms with Gasteiger partial charge in [0.1, 0.15) is 15.2 Å². The van der Waals surface area contributed by atoms with Crippen LogP contribution >= 0.6 is 15.9 Å². The molecule has 1 aliphatic rings. The van der Waals surface area contributed by atoms with Crippen molar-refractivity contribution in [3.05, 3.63) is 22.3 Å². The maximum Gasteiger partial charge on any atom is 0.157 e. The summed E-state index contributed by atoms with van der Waals surface area (Å²) >= 11 is 3.25. The normalized spacial score (nSPS) is 16.8. The summed E-state index contributed by atoms with van der Waals surface area (Å²) in [6, 6.07) is 3.36. The Morgan fingerprint density at radius 1 is 1.32 bits per heavy atom. The minimum Gasteiger partial charge on any atom is -0.384 e. The summed E-state index contributed by atoms with van der Waals surface area (Å²) in [5.74, 6) is 0.314. The quantitative estimate of drug-likeness (QED) is 0.543. The lowest BCUT2D eigenvalue weighted by Crippen LogP contribution is -2.40. The van der Waals surface area contributed by atoms with Crippen LogP contribution in [-0.2, 0) is 24.1 Å². The van der Waals surface area contributed by atoms with Gasteiger partial charge in [-0.05, 0) is 59.8 Å². The van der Waals surface area contributed by atoms with E-state index in [-0.39, 0.29) is 0 Å². The molecule has 2 rings (SSSR count). The minimum atomic E-state index is -3.26. The summed E-state index contributed by atoms with van der Waals surface area (Å²) in [6.07, 6.45) is 4.60. The summed E-state index contributed by atoms with van der Waals surface area (Å²) in [4.78, 5) is 4.01. The molecule has 0 bridgehead atoms. The van der Waals surface area contributed by atoms with E-state index in [4.69, 9.17) is 15.2 Å². The van der Waals surface area contributed by atoms with Gasteiger partial charge in [0, 0.05) is 32.7 Å². The molecule has 2 heterocycles. The van der Waals surface area contributed by atoms with E-state index in [1.165, 1.54) is 19.1 Å². The van der Waals surface area contributed by atoms with E-state index in [0.717, 1.165) is 13.2 Å². The van der Waals surface area contributed by atoms with Crippen molar-refractivity contribution in [2.24, 2.45) is 0 Å². The van der Waals surface area contributed by atoms with Crippen molar-refractivity contribution in [3.63, 3.8) is 0 Å². The van der Waals surface area contributed by atoms with Crippen LogP contribution in [0, 0.1) is 0 Å². The van der Waals surface area contributed by atoms with Gasteiger partial charge in [0.05, 0.1) is 0 Å². The first-order valence-corrected chi connectivity index (χ1v) is 11.2. The Balaban J connectivity index is 0.000000381. The molecule has 0 amide bonds. The van der Waals surface area contributed by atoms with Crippen LogP contribution in [0.4, 0.5) is 5.82 Å². The molecule has 1 aliphatic heterocycles. The fourth-order valence-electron chi connectivity index (χ4n) is 2.75. The van der Waals surface area contributed by atoms with Crippen LogP contribution in [0.25, 0.3) is 0 Å². The highest BCUT2D eigenvalue weighted by Crippen LogP contribution is 2.40. The number of hydrogen-bond donors (Lipinski definition) is 1. The largest absolute Gasteiger partial charge is 0.384 e. The van der Waals surface area contributed by atoms with Gasteiger partial charge in [-0.25, -0.2) is 13.4 Å². The van der Waals surface area contributed by atoms with Crippen molar-refractivity contribution < 1.29 is 17.9 Å². The van der Waals surface area contributed by atoms with Crippen molar-refractivity contribution in [3.8, 4) is 0 Å². The van der Waals surface area contributed by atoms with Crippen LogP contribution in [-0.4, -0.2) is 46.1 Å². The topological polar surface area (TPSA) is 91.5 Å². The number of hydrogen-bond acceptors (Lipinski definition) is 6. The van der Waals surface area contributed by atoms with E-state index in [1.807, 2.05) is 6.92 Å². The lowest BCUT2D eigenvalue weighted by atomic mass is 9.91. The average molecular weight is 437 g/mol. The van der Waals surface area contributed by atoms with Crippen molar-refractivity contribution in [1.82, 2.24) is 4.98 Å². The van der Waals surface area contributed by atoms with E-state index in [9.17, 15) is 8.42 Å². The lowest BCUT2D eigenvalue weighted by molar-refractivity contribution is 0.0742. The fraction of sp³-hybridized carbons (Fsp3) is 0.706. The first kappa shape index (κ1) is 22.3. The van der Waals surface area contributed by atoms with Gasteiger partial charge in [-0.1, -0.05) is 13.3 Å². The van der Waals surface area contributed by atoms with Crippen LogP contribution in [0.15, 0.2) is 16.7 Å². The van der Waals surface area contributed by atoms with Gasteiger partial charge in [-0.3, -0.25) is 0 Å². The third-order valence-corrected chi connectivity index (χ3v) is 6.67. The highest BCUT2D eigenvalue weighted by Gasteiger charge is 2.44. The highest BCUT2D eigenvalue weighted by molar-refractivity contribution is 9.10. The molecule has 144 valence electrons. The second-order valence-electron chi connectivity index (χ2n) is 6.03. The van der Waals surface area contributed by atoms with Crippen molar-refractivity contribution in [2.45, 2.75) is 44.3 Å². The predicted octanol–water partition coefficient (Wildman–Crippen LogP) is 3.30. The van der Waals surface area contributed by atoms with Gasteiger partial charge in [-0.2, -0.15) is 0 Å². The minimum absolute atomic E-state index is 0.314. The van der Waals surface area contributed by atoms with E-state index in [1.54, 1.807) is 12.1 Å². The van der Waals surface area contributed by atoms with Gasteiger partial charge in [0.2, 0.25) is 0 Å². The lowest BCUT2D eigenvalue weighted by Gasteiger charge is -2.36. The monoisotopic (exact) mass is 436 g/mol. The molecule has 0 aromatic carbocycles. The molecule has 8 heteroatoms. The number of ether oxygens (including phenoxy) is 2. The third kappa shape index (κ3) is 6.51. The molecule has 1 saturated heterocycles. The number of nitrogen functional groups attached to an aromatic ring is 1. The van der Waals surface area contributed by atoms with Crippen LogP contribution in [0.2, 0.25) is 0 Å². The Kier molecular flexibility index (Phi) is 9.34. The summed E-state index contributed by atoms with van der Waals surface area (Å²) in [7, 11) is -3.26. The molecule has 0 unspecified atom stereocenters. The zero-order valence-corrected chi connectivity index (χ0v) is 17.7. The first-order valence-electron chi connectivity index (χ1n) is 8.55. The number of halogens is 1. The second kappa shape index (κ2) is 10.4. The maximum atomic E-state index is 12.2. The van der Waals surface area contributed by atoms with Gasteiger partial charge in [0.15, 0.2) is 9.84 Å². The Bertz CT molecular complexity index is 607. The number of rotatable bonds is 6. The smallest absolute Gasteiger partial charge is 0.157 e. The van der Waals surface area contributed by atoms with Crippen molar-refractivity contribution in [1.29, 1.82) is 0 Å². The van der Waals surface area contributed by atoms with Crippen molar-refractivity contribution in [2.75, 3.05) is 38.4 Å². The SMILES string of the molecule is CCCCOCC.CS(=O)(=O)C1(c2cc(N)nc(Br)c2)CCOCC1. The van der Waals surface area contributed by atoms with Gasteiger partial charge in [-0.15, -0.1) is 0 Å². The number of aromatic nitrogens is 1. The molecule has 0 spiro atoms. The molecule has 1 aromatic heterocycles. The number of nitrogens with zero attached hydrogens (tertiary/aromatic N) is 1. The molecule has 1 aromatic rings. The fourth-order valence-corrected chi connectivity index (χ4v) is 4.65. The molecule has 2 N–H and O–H groups in total. The molecule has 0 aliphatic carbocycles. The predicted molar refractivity (Wildman–Crippen MR) is 104 cm³/mol. The van der Waals surface area contributed by atoms with Crippen LogP contribution in [0.5, 0.6) is 0 Å². The first-order chi connectivity index (χ1) is 11.8. The van der Waals surface area contributed by atoms with Gasteiger partial charge >= 0.3 is 0 Å². The van der Waals surface area contributed by atoms with E-state index >= 15 is 0 Å². The molecule has 0 saturated carbocycles. The zero-order chi connectivity index (χ0) is 18.9. The number of anilines is 1. The Hall–Kier alpha value is -0.700. The molecule has 1 fully saturated rings. The molecule has 0 atom stereocenters. The maximum absolute atomic E-state index is 12.2. The second-order valence-corrected chi connectivity index (χ2v) is 9.17. The van der Waals surface area contributed by atoms with Crippen molar-refractivity contribution >= 4 is 31.6 Å². The average Bonchev–Trinajstić information content (AvgIpc) is 2.55. The Morgan fingerprint density at radius 3 is 2.44 bits per heavy atom. The van der Waals surface area contributed by atoms with Crippen LogP contribution < -0.4 is 5.73 Å².